The first kappa shape index (κ1) is 20.3. The van der Waals surface area contributed by atoms with Gasteiger partial charge in [0.25, 0.3) is 4.84 Å². The number of aromatic amines is 1. The van der Waals surface area contributed by atoms with E-state index in [4.69, 9.17) is 26.6 Å². The fraction of sp³-hybridized carbons (Fsp3) is 0.200. The molecule has 0 fully saturated rings. The largest absolute Gasteiger partial charge is 0.409 e. The highest BCUT2D eigenvalue weighted by Crippen LogP contribution is 2.31. The van der Waals surface area contributed by atoms with Crippen molar-refractivity contribution in [2.24, 2.45) is 0 Å². The van der Waals surface area contributed by atoms with E-state index in [1.807, 2.05) is 25.1 Å². The maximum Gasteiger partial charge on any atom is 0.284 e. The van der Waals surface area contributed by atoms with Crippen molar-refractivity contribution in [1.82, 2.24) is 24.7 Å². The molecule has 0 bridgehead atoms. The lowest BCUT2D eigenvalue weighted by Crippen LogP contribution is -2.05. The molecule has 3 heterocycles. The summed E-state index contributed by atoms with van der Waals surface area (Å²) in [7, 11) is 0. The van der Waals surface area contributed by atoms with E-state index in [0.717, 1.165) is 52.3 Å². The van der Waals surface area contributed by atoms with Crippen molar-refractivity contribution in [1.29, 1.82) is 0 Å². The van der Waals surface area contributed by atoms with Crippen molar-refractivity contribution in [3.05, 3.63) is 82.1 Å². The highest BCUT2D eigenvalue weighted by Gasteiger charge is 2.15. The highest BCUT2D eigenvalue weighted by atomic mass is 32.1. The van der Waals surface area contributed by atoms with Crippen LogP contribution in [-0.4, -0.2) is 24.7 Å². The SMILES string of the molecule is CCc1nc2c(C)cc(C)nc2n1Cc1ccc(-c2ccccc2-c2n[nH]c(=S)o2)cc1. The van der Waals surface area contributed by atoms with Crippen LogP contribution in [0.15, 0.2) is 59.0 Å². The number of nitrogens with one attached hydrogen (secondary N) is 1. The number of imidazole rings is 1. The van der Waals surface area contributed by atoms with Crippen LogP contribution in [0.5, 0.6) is 0 Å². The van der Waals surface area contributed by atoms with Gasteiger partial charge in [-0.05, 0) is 60.5 Å². The molecule has 5 aromatic rings. The minimum absolute atomic E-state index is 0.267. The monoisotopic (exact) mass is 441 g/mol. The summed E-state index contributed by atoms with van der Waals surface area (Å²) in [5.41, 5.74) is 8.34. The zero-order chi connectivity index (χ0) is 22.2. The summed E-state index contributed by atoms with van der Waals surface area (Å²) >= 11 is 5.04. The molecule has 1 N–H and O–H groups in total. The predicted octanol–water partition coefficient (Wildman–Crippen LogP) is 6.04. The van der Waals surface area contributed by atoms with Gasteiger partial charge in [0.2, 0.25) is 5.89 Å². The molecule has 7 heteroatoms. The summed E-state index contributed by atoms with van der Waals surface area (Å²) in [6.07, 6.45) is 0.859. The fourth-order valence-corrected chi connectivity index (χ4v) is 4.25. The molecule has 32 heavy (non-hydrogen) atoms. The van der Waals surface area contributed by atoms with Crippen molar-refractivity contribution in [3.63, 3.8) is 0 Å². The zero-order valence-electron chi connectivity index (χ0n) is 18.2. The molecule has 0 aliphatic rings. The fourth-order valence-electron chi connectivity index (χ4n) is 4.12. The Labute approximate surface area is 191 Å². The Balaban J connectivity index is 1.51. The van der Waals surface area contributed by atoms with Crippen molar-refractivity contribution in [2.45, 2.75) is 33.7 Å². The van der Waals surface area contributed by atoms with Gasteiger partial charge < -0.3 is 8.98 Å². The van der Waals surface area contributed by atoms with Gasteiger partial charge in [-0.1, -0.05) is 49.4 Å². The van der Waals surface area contributed by atoms with Gasteiger partial charge in [0.15, 0.2) is 5.65 Å². The molecule has 6 nitrogen and oxygen atoms in total. The Morgan fingerprint density at radius 3 is 2.44 bits per heavy atom. The summed E-state index contributed by atoms with van der Waals surface area (Å²) in [6, 6.07) is 18.7. The number of rotatable bonds is 5. The minimum atomic E-state index is 0.267. The molecule has 0 aliphatic carbocycles. The normalized spacial score (nSPS) is 11.3. The van der Waals surface area contributed by atoms with Gasteiger partial charge in [0.05, 0.1) is 6.54 Å². The van der Waals surface area contributed by atoms with Crippen LogP contribution in [0.25, 0.3) is 33.7 Å². The van der Waals surface area contributed by atoms with Crippen LogP contribution < -0.4 is 0 Å². The number of benzene rings is 2. The van der Waals surface area contributed by atoms with E-state index in [1.54, 1.807) is 0 Å². The third-order valence-electron chi connectivity index (χ3n) is 5.62. The summed E-state index contributed by atoms with van der Waals surface area (Å²) in [4.78, 5) is 9.90. The number of hydrogen-bond acceptors (Lipinski definition) is 5. The molecule has 160 valence electrons. The van der Waals surface area contributed by atoms with Gasteiger partial charge in [-0.25, -0.2) is 15.1 Å². The number of nitrogens with zero attached hydrogens (tertiary/aromatic N) is 4. The van der Waals surface area contributed by atoms with E-state index >= 15 is 0 Å². The second-order valence-electron chi connectivity index (χ2n) is 7.88. The molecule has 0 unspecified atom stereocenters. The summed E-state index contributed by atoms with van der Waals surface area (Å²) in [6.45, 7) is 6.99. The Kier molecular flexibility index (Phi) is 5.19. The predicted molar refractivity (Wildman–Crippen MR) is 128 cm³/mol. The van der Waals surface area contributed by atoms with Crippen LogP contribution in [0.2, 0.25) is 0 Å². The van der Waals surface area contributed by atoms with Crippen LogP contribution in [0, 0.1) is 18.7 Å². The second kappa shape index (κ2) is 8.16. The topological polar surface area (TPSA) is 72.5 Å². The molecular formula is C25H23N5OS. The van der Waals surface area contributed by atoms with Crippen molar-refractivity contribution >= 4 is 23.4 Å². The lowest BCUT2D eigenvalue weighted by molar-refractivity contribution is 0.552. The maximum atomic E-state index is 5.54. The number of aryl methyl sites for hydroxylation is 3. The number of pyridine rings is 1. The van der Waals surface area contributed by atoms with Crippen LogP contribution in [0.3, 0.4) is 0 Å². The Morgan fingerprint density at radius 2 is 1.75 bits per heavy atom. The summed E-state index contributed by atoms with van der Waals surface area (Å²) in [5.74, 6) is 1.54. The van der Waals surface area contributed by atoms with E-state index in [-0.39, 0.29) is 4.84 Å². The van der Waals surface area contributed by atoms with Crippen molar-refractivity contribution in [2.75, 3.05) is 0 Å². The highest BCUT2D eigenvalue weighted by molar-refractivity contribution is 7.71. The first-order chi connectivity index (χ1) is 15.5. The van der Waals surface area contributed by atoms with Crippen LogP contribution in [0.4, 0.5) is 0 Å². The third kappa shape index (κ3) is 3.65. The molecule has 0 saturated carbocycles. The zero-order valence-corrected chi connectivity index (χ0v) is 19.0. The first-order valence-electron chi connectivity index (χ1n) is 10.6. The standard InChI is InChI=1S/C25H23N5OS/c1-4-21-27-22-15(2)13-16(3)26-23(22)30(21)14-17-9-11-18(12-10-17)19-7-5-6-8-20(19)24-28-29-25(32)31-24/h5-13H,4,14H2,1-3H3,(H,29,32). The quantitative estimate of drug-likeness (QED) is 0.337. The lowest BCUT2D eigenvalue weighted by atomic mass is 9.98. The van der Waals surface area contributed by atoms with E-state index < -0.39 is 0 Å². The van der Waals surface area contributed by atoms with E-state index in [1.165, 1.54) is 11.1 Å². The summed E-state index contributed by atoms with van der Waals surface area (Å²) < 4.78 is 7.77. The van der Waals surface area contributed by atoms with Crippen molar-refractivity contribution in [3.8, 4) is 22.6 Å². The molecule has 0 amide bonds. The average Bonchev–Trinajstić information content (AvgIpc) is 3.38. The van der Waals surface area contributed by atoms with Gasteiger partial charge in [-0.2, -0.15) is 0 Å². The molecule has 0 atom stereocenters. The molecule has 2 aromatic carbocycles. The number of aromatic nitrogens is 5. The second-order valence-corrected chi connectivity index (χ2v) is 8.25. The van der Waals surface area contributed by atoms with E-state index in [9.17, 15) is 0 Å². The summed E-state index contributed by atoms with van der Waals surface area (Å²) in [5, 5.41) is 6.89. The van der Waals surface area contributed by atoms with Crippen molar-refractivity contribution < 1.29 is 4.42 Å². The van der Waals surface area contributed by atoms with Gasteiger partial charge in [0.1, 0.15) is 11.3 Å². The number of fused-ring (bicyclic) bond motifs is 1. The van der Waals surface area contributed by atoms with Gasteiger partial charge in [0, 0.05) is 17.7 Å². The first-order valence-corrected chi connectivity index (χ1v) is 11.0. The van der Waals surface area contributed by atoms with E-state index in [0.29, 0.717) is 5.89 Å². The third-order valence-corrected chi connectivity index (χ3v) is 5.79. The molecule has 3 aromatic heterocycles. The molecule has 0 spiro atoms. The number of H-pyrrole nitrogens is 1. The molecule has 0 saturated heterocycles. The van der Waals surface area contributed by atoms with Gasteiger partial charge in [-0.3, -0.25) is 0 Å². The average molecular weight is 442 g/mol. The Morgan fingerprint density at radius 1 is 1.00 bits per heavy atom. The smallest absolute Gasteiger partial charge is 0.284 e. The molecule has 5 rings (SSSR count). The number of hydrogen-bond donors (Lipinski definition) is 1. The molecule has 0 aliphatic heterocycles. The van der Waals surface area contributed by atoms with E-state index in [2.05, 4.69) is 65.0 Å². The van der Waals surface area contributed by atoms with Gasteiger partial charge >= 0.3 is 0 Å². The maximum absolute atomic E-state index is 5.54. The molecule has 0 radical (unpaired) electrons. The van der Waals surface area contributed by atoms with Gasteiger partial charge in [-0.15, -0.1) is 5.10 Å². The Bertz CT molecular complexity index is 1480. The van der Waals surface area contributed by atoms with Crippen LogP contribution >= 0.6 is 12.2 Å². The lowest BCUT2D eigenvalue weighted by Gasteiger charge is -2.11. The minimum Gasteiger partial charge on any atom is -0.409 e. The molecular weight excluding hydrogens is 418 g/mol. The van der Waals surface area contributed by atoms with Crippen LogP contribution in [0.1, 0.15) is 29.6 Å². The van der Waals surface area contributed by atoms with Crippen LogP contribution in [-0.2, 0) is 13.0 Å². The Hall–Kier alpha value is -3.58.